The highest BCUT2D eigenvalue weighted by atomic mass is 127. The van der Waals surface area contributed by atoms with Gasteiger partial charge in [-0.2, -0.15) is 0 Å². The smallest absolute Gasteiger partial charge is 0.241 e. The number of nitrogens with one attached hydrogen (secondary N) is 3. The highest BCUT2D eigenvalue weighted by Crippen LogP contribution is 2.19. The molecule has 7 nitrogen and oxygen atoms in total. The van der Waals surface area contributed by atoms with Crippen molar-refractivity contribution >= 4 is 40.0 Å². The first-order valence-electron chi connectivity index (χ1n) is 10.0. The Morgan fingerprint density at radius 2 is 1.59 bits per heavy atom. The van der Waals surface area contributed by atoms with Crippen molar-refractivity contribution in [1.82, 2.24) is 15.4 Å². The fourth-order valence-corrected chi connectivity index (χ4v) is 4.55. The molecular weight excluding hydrogens is 539 g/mol. The van der Waals surface area contributed by atoms with Crippen LogP contribution in [0.2, 0.25) is 0 Å². The molecule has 2 aromatic carbocycles. The summed E-state index contributed by atoms with van der Waals surface area (Å²) in [6.45, 7) is 10.3. The first-order valence-corrected chi connectivity index (χ1v) is 11.5. The average molecular weight is 573 g/mol. The van der Waals surface area contributed by atoms with Gasteiger partial charge in [0.05, 0.1) is 4.90 Å². The van der Waals surface area contributed by atoms with Crippen LogP contribution in [0.15, 0.2) is 71.1 Å². The van der Waals surface area contributed by atoms with Crippen LogP contribution >= 0.6 is 24.0 Å². The summed E-state index contributed by atoms with van der Waals surface area (Å²) in [6, 6.07) is 14.7. The molecule has 0 aliphatic heterocycles. The minimum atomic E-state index is -3.65. The molecule has 0 atom stereocenters. The summed E-state index contributed by atoms with van der Waals surface area (Å²) in [5, 5.41) is 6.42. The Morgan fingerprint density at radius 3 is 2.19 bits per heavy atom. The summed E-state index contributed by atoms with van der Waals surface area (Å²) < 4.78 is 34.0. The van der Waals surface area contributed by atoms with E-state index in [4.69, 9.17) is 4.74 Å². The fourth-order valence-electron chi connectivity index (χ4n) is 2.89. The van der Waals surface area contributed by atoms with E-state index in [1.165, 1.54) is 0 Å². The van der Waals surface area contributed by atoms with Gasteiger partial charge < -0.3 is 15.4 Å². The minimum absolute atomic E-state index is 0. The topological polar surface area (TPSA) is 91.8 Å². The summed E-state index contributed by atoms with van der Waals surface area (Å²) in [6.07, 6.45) is 1.70. The number of halogens is 1. The molecular formula is C23H33IN4O3S. The number of hydrogen-bond donors (Lipinski definition) is 3. The number of ether oxygens (including phenoxy) is 1. The van der Waals surface area contributed by atoms with E-state index >= 15 is 0 Å². The van der Waals surface area contributed by atoms with Crippen LogP contribution in [0, 0.1) is 0 Å². The molecule has 9 heteroatoms. The van der Waals surface area contributed by atoms with Gasteiger partial charge in [-0.1, -0.05) is 49.1 Å². The van der Waals surface area contributed by atoms with E-state index in [1.807, 2.05) is 51.1 Å². The number of rotatable bonds is 9. The highest BCUT2D eigenvalue weighted by Gasteiger charge is 2.24. The Bertz CT molecular complexity index is 1020. The van der Waals surface area contributed by atoms with Crippen molar-refractivity contribution in [2.75, 3.05) is 13.7 Å². The lowest BCUT2D eigenvalue weighted by atomic mass is 10.1. The van der Waals surface area contributed by atoms with E-state index in [-0.39, 0.29) is 28.9 Å². The van der Waals surface area contributed by atoms with Crippen LogP contribution in [0.1, 0.15) is 31.9 Å². The first-order chi connectivity index (χ1) is 14.7. The van der Waals surface area contributed by atoms with E-state index in [1.54, 1.807) is 31.3 Å². The number of benzene rings is 2. The maximum Gasteiger partial charge on any atom is 0.241 e. The van der Waals surface area contributed by atoms with E-state index in [0.29, 0.717) is 31.2 Å². The van der Waals surface area contributed by atoms with E-state index in [9.17, 15) is 8.42 Å². The molecule has 0 saturated carbocycles. The average Bonchev–Trinajstić information content (AvgIpc) is 2.71. The molecule has 3 N–H and O–H groups in total. The van der Waals surface area contributed by atoms with Gasteiger partial charge >= 0.3 is 0 Å². The van der Waals surface area contributed by atoms with Gasteiger partial charge in [-0.15, -0.1) is 24.0 Å². The van der Waals surface area contributed by atoms with Gasteiger partial charge in [-0.05, 0) is 38.5 Å². The molecule has 0 bridgehead atoms. The maximum absolute atomic E-state index is 12.8. The van der Waals surface area contributed by atoms with E-state index in [0.717, 1.165) is 11.3 Å². The molecule has 0 fully saturated rings. The molecule has 0 radical (unpaired) electrons. The van der Waals surface area contributed by atoms with Crippen LogP contribution in [0.3, 0.4) is 0 Å². The van der Waals surface area contributed by atoms with Crippen molar-refractivity contribution < 1.29 is 13.2 Å². The number of aliphatic imine (C=N–C) groups is 1. The van der Waals surface area contributed by atoms with E-state index in [2.05, 4.69) is 26.9 Å². The van der Waals surface area contributed by atoms with Gasteiger partial charge in [0.1, 0.15) is 12.4 Å². The zero-order valence-corrected chi connectivity index (χ0v) is 22.2. The third kappa shape index (κ3) is 8.79. The van der Waals surface area contributed by atoms with Crippen LogP contribution < -0.4 is 20.1 Å². The summed E-state index contributed by atoms with van der Waals surface area (Å²) in [4.78, 5) is 4.48. The molecule has 2 aromatic rings. The van der Waals surface area contributed by atoms with Crippen LogP contribution in [-0.4, -0.2) is 33.6 Å². The normalized spacial score (nSPS) is 11.9. The molecule has 32 heavy (non-hydrogen) atoms. The largest absolute Gasteiger partial charge is 0.489 e. The zero-order chi connectivity index (χ0) is 22.9. The SMILES string of the molecule is C=CCOc1ccccc1CNC(=NC)NCc1ccccc1S(=O)(=O)NC(C)(C)C.I. The van der Waals surface area contributed by atoms with Gasteiger partial charge in [-0.3, -0.25) is 4.99 Å². The molecule has 0 aliphatic rings. The third-order valence-corrected chi connectivity index (χ3v) is 6.01. The second kappa shape index (κ2) is 12.8. The zero-order valence-electron chi connectivity index (χ0n) is 19.0. The molecule has 0 saturated heterocycles. The Balaban J connectivity index is 0.00000512. The van der Waals surface area contributed by atoms with Crippen LogP contribution in [0.25, 0.3) is 0 Å². The van der Waals surface area contributed by atoms with Crippen molar-refractivity contribution in [3.63, 3.8) is 0 Å². The lowest BCUT2D eigenvalue weighted by Crippen LogP contribution is -2.41. The van der Waals surface area contributed by atoms with Crippen LogP contribution in [0.4, 0.5) is 0 Å². The summed E-state index contributed by atoms with van der Waals surface area (Å²) >= 11 is 0. The first kappa shape index (κ1) is 27.9. The number of hydrogen-bond acceptors (Lipinski definition) is 4. The van der Waals surface area contributed by atoms with Crippen LogP contribution in [-0.2, 0) is 23.1 Å². The number of para-hydroxylation sites is 1. The Kier molecular flexibility index (Phi) is 11.2. The van der Waals surface area contributed by atoms with Gasteiger partial charge in [0, 0.05) is 31.2 Å². The highest BCUT2D eigenvalue weighted by molar-refractivity contribution is 14.0. The van der Waals surface area contributed by atoms with Gasteiger partial charge in [0.25, 0.3) is 0 Å². The quantitative estimate of drug-likeness (QED) is 0.184. The second-order valence-electron chi connectivity index (χ2n) is 7.95. The standard InChI is InChI=1S/C23H32N4O3S.HI/c1-6-15-30-20-13-9-7-11-18(20)16-25-22(24-5)26-17-19-12-8-10-14-21(19)31(28,29)27-23(2,3)4;/h6-14,27H,1,15-17H2,2-5H3,(H2,24,25,26);1H. The van der Waals surface area contributed by atoms with E-state index < -0.39 is 15.6 Å². The molecule has 2 rings (SSSR count). The summed E-state index contributed by atoms with van der Waals surface area (Å²) in [7, 11) is -1.98. The molecule has 0 spiro atoms. The number of guanidine groups is 1. The second-order valence-corrected chi connectivity index (χ2v) is 9.60. The van der Waals surface area contributed by atoms with Crippen molar-refractivity contribution in [2.24, 2.45) is 4.99 Å². The van der Waals surface area contributed by atoms with Crippen molar-refractivity contribution in [3.05, 3.63) is 72.3 Å². The third-order valence-electron chi connectivity index (χ3n) is 4.15. The molecule has 0 aromatic heterocycles. The maximum atomic E-state index is 12.8. The Hall–Kier alpha value is -2.11. The molecule has 0 unspecified atom stereocenters. The number of sulfonamides is 1. The number of nitrogens with zero attached hydrogens (tertiary/aromatic N) is 1. The Morgan fingerprint density at radius 1 is 1.03 bits per heavy atom. The van der Waals surface area contributed by atoms with Gasteiger partial charge in [-0.25, -0.2) is 13.1 Å². The molecule has 176 valence electrons. The van der Waals surface area contributed by atoms with Gasteiger partial charge in [0.15, 0.2) is 5.96 Å². The lowest BCUT2D eigenvalue weighted by Gasteiger charge is -2.22. The minimum Gasteiger partial charge on any atom is -0.489 e. The predicted octanol–water partition coefficient (Wildman–Crippen LogP) is 3.81. The Labute approximate surface area is 208 Å². The summed E-state index contributed by atoms with van der Waals surface area (Å²) in [5.74, 6) is 1.32. The van der Waals surface area contributed by atoms with Crippen molar-refractivity contribution in [1.29, 1.82) is 0 Å². The monoisotopic (exact) mass is 572 g/mol. The van der Waals surface area contributed by atoms with Gasteiger partial charge in [0.2, 0.25) is 10.0 Å². The lowest BCUT2D eigenvalue weighted by molar-refractivity contribution is 0.358. The molecule has 0 amide bonds. The van der Waals surface area contributed by atoms with Crippen molar-refractivity contribution in [3.8, 4) is 5.75 Å². The molecule has 0 aliphatic carbocycles. The molecule has 0 heterocycles. The summed E-state index contributed by atoms with van der Waals surface area (Å²) in [5.41, 5.74) is 1.06. The van der Waals surface area contributed by atoms with Crippen molar-refractivity contribution in [2.45, 2.75) is 44.3 Å². The van der Waals surface area contributed by atoms with Crippen LogP contribution in [0.5, 0.6) is 5.75 Å². The predicted molar refractivity (Wildman–Crippen MR) is 141 cm³/mol. The fraction of sp³-hybridized carbons (Fsp3) is 0.348.